The van der Waals surface area contributed by atoms with E-state index >= 15 is 0 Å². The highest BCUT2D eigenvalue weighted by Crippen LogP contribution is 2.24. The zero-order chi connectivity index (χ0) is 24.1. The Kier molecular flexibility index (Phi) is 6.79. The average molecular weight is 475 g/mol. The lowest BCUT2D eigenvalue weighted by atomic mass is 10.1. The Morgan fingerprint density at radius 3 is 2.41 bits per heavy atom. The molecule has 4 rings (SSSR count). The summed E-state index contributed by atoms with van der Waals surface area (Å²) in [6.45, 7) is 3.70. The molecule has 34 heavy (non-hydrogen) atoms. The molecule has 0 atom stereocenters. The summed E-state index contributed by atoms with van der Waals surface area (Å²) in [5.41, 5.74) is 3.14. The van der Waals surface area contributed by atoms with Crippen molar-refractivity contribution in [2.75, 3.05) is 10.8 Å². The zero-order valence-corrected chi connectivity index (χ0v) is 19.9. The maximum absolute atomic E-state index is 13.4. The second-order valence-electron chi connectivity index (χ2n) is 7.91. The molecule has 0 saturated heterocycles. The van der Waals surface area contributed by atoms with Crippen LogP contribution >= 0.6 is 0 Å². The standard InChI is InChI=1S/C26H26N4O3S/c1-20-9-8-11-23(17-20)30(34(32,33)24-12-4-3-5-13-24)19-26(31)28-18-22-10-6-7-14-25(22)29-16-15-27-21(29)2/h3-17H,18-19H2,1-2H3,(H,28,31). The highest BCUT2D eigenvalue weighted by Gasteiger charge is 2.27. The van der Waals surface area contributed by atoms with Crippen LogP contribution in [0.2, 0.25) is 0 Å². The van der Waals surface area contributed by atoms with Crippen LogP contribution in [0.4, 0.5) is 5.69 Å². The normalized spacial score (nSPS) is 11.2. The number of imidazole rings is 1. The first-order chi connectivity index (χ1) is 16.4. The summed E-state index contributed by atoms with van der Waals surface area (Å²) in [6.07, 6.45) is 3.58. The number of anilines is 1. The number of aryl methyl sites for hydroxylation is 2. The van der Waals surface area contributed by atoms with Crippen molar-refractivity contribution in [2.45, 2.75) is 25.3 Å². The van der Waals surface area contributed by atoms with Crippen molar-refractivity contribution in [3.05, 3.63) is 108 Å². The molecule has 0 fully saturated rings. The number of nitrogens with one attached hydrogen (secondary N) is 1. The van der Waals surface area contributed by atoms with Crippen molar-refractivity contribution < 1.29 is 13.2 Å². The van der Waals surface area contributed by atoms with Crippen LogP contribution in [0.1, 0.15) is 17.0 Å². The van der Waals surface area contributed by atoms with Crippen LogP contribution in [0.3, 0.4) is 0 Å². The van der Waals surface area contributed by atoms with Gasteiger partial charge in [-0.25, -0.2) is 13.4 Å². The van der Waals surface area contributed by atoms with Crippen LogP contribution in [-0.2, 0) is 21.4 Å². The first-order valence-electron chi connectivity index (χ1n) is 10.9. The lowest BCUT2D eigenvalue weighted by molar-refractivity contribution is -0.119. The van der Waals surface area contributed by atoms with E-state index < -0.39 is 15.9 Å². The van der Waals surface area contributed by atoms with Gasteiger partial charge in [0.2, 0.25) is 5.91 Å². The Balaban J connectivity index is 1.58. The second-order valence-corrected chi connectivity index (χ2v) is 9.78. The SMILES string of the molecule is Cc1cccc(N(CC(=O)NCc2ccccc2-n2ccnc2C)S(=O)(=O)c2ccccc2)c1. The summed E-state index contributed by atoms with van der Waals surface area (Å²) in [5.74, 6) is 0.427. The van der Waals surface area contributed by atoms with E-state index in [2.05, 4.69) is 10.3 Å². The first-order valence-corrected chi connectivity index (χ1v) is 12.3. The van der Waals surface area contributed by atoms with Crippen molar-refractivity contribution >= 4 is 21.6 Å². The molecule has 7 nitrogen and oxygen atoms in total. The van der Waals surface area contributed by atoms with Gasteiger partial charge in [0.15, 0.2) is 0 Å². The fourth-order valence-corrected chi connectivity index (χ4v) is 5.16. The Morgan fingerprint density at radius 2 is 1.71 bits per heavy atom. The van der Waals surface area contributed by atoms with E-state index in [1.54, 1.807) is 42.6 Å². The van der Waals surface area contributed by atoms with E-state index in [4.69, 9.17) is 0 Å². The van der Waals surface area contributed by atoms with E-state index in [0.717, 1.165) is 26.9 Å². The fourth-order valence-electron chi connectivity index (χ4n) is 3.73. The van der Waals surface area contributed by atoms with E-state index in [1.165, 1.54) is 12.1 Å². The van der Waals surface area contributed by atoms with Gasteiger partial charge < -0.3 is 9.88 Å². The maximum atomic E-state index is 13.4. The fraction of sp³-hybridized carbons (Fsp3) is 0.154. The van der Waals surface area contributed by atoms with Gasteiger partial charge in [-0.15, -0.1) is 0 Å². The Hall–Kier alpha value is -3.91. The number of benzene rings is 3. The van der Waals surface area contributed by atoms with Gasteiger partial charge in [0.05, 0.1) is 16.3 Å². The monoisotopic (exact) mass is 474 g/mol. The van der Waals surface area contributed by atoms with Crippen molar-refractivity contribution in [2.24, 2.45) is 0 Å². The lowest BCUT2D eigenvalue weighted by Crippen LogP contribution is -2.40. The number of hydrogen-bond acceptors (Lipinski definition) is 4. The molecule has 0 aliphatic carbocycles. The second kappa shape index (κ2) is 9.93. The number of aromatic nitrogens is 2. The third-order valence-corrected chi connectivity index (χ3v) is 7.25. The third kappa shape index (κ3) is 5.02. The zero-order valence-electron chi connectivity index (χ0n) is 19.0. The number of sulfonamides is 1. The van der Waals surface area contributed by atoms with Crippen LogP contribution in [0.25, 0.3) is 5.69 Å². The lowest BCUT2D eigenvalue weighted by Gasteiger charge is -2.24. The first kappa shape index (κ1) is 23.3. The van der Waals surface area contributed by atoms with Gasteiger partial charge in [-0.05, 0) is 55.3 Å². The van der Waals surface area contributed by atoms with Crippen LogP contribution in [-0.4, -0.2) is 30.4 Å². The van der Waals surface area contributed by atoms with Crippen LogP contribution in [0.5, 0.6) is 0 Å². The van der Waals surface area contributed by atoms with Crippen LogP contribution in [0, 0.1) is 13.8 Å². The number of nitrogens with zero attached hydrogens (tertiary/aromatic N) is 3. The minimum Gasteiger partial charge on any atom is -0.350 e. The van der Waals surface area contributed by atoms with Crippen molar-refractivity contribution in [1.29, 1.82) is 0 Å². The van der Waals surface area contributed by atoms with Gasteiger partial charge in [-0.1, -0.05) is 48.5 Å². The van der Waals surface area contributed by atoms with Crippen LogP contribution < -0.4 is 9.62 Å². The predicted octanol–water partition coefficient (Wildman–Crippen LogP) is 4.00. The molecule has 1 amide bonds. The number of carbonyl (C=O) groups is 1. The van der Waals surface area contributed by atoms with Gasteiger partial charge in [-0.2, -0.15) is 0 Å². The molecule has 0 radical (unpaired) electrons. The summed E-state index contributed by atoms with van der Waals surface area (Å²) in [4.78, 5) is 17.4. The van der Waals surface area contributed by atoms with E-state index in [9.17, 15) is 13.2 Å². The molecule has 1 aromatic heterocycles. The smallest absolute Gasteiger partial charge is 0.264 e. The molecule has 8 heteroatoms. The van der Waals surface area contributed by atoms with Gasteiger partial charge in [0.1, 0.15) is 12.4 Å². The molecule has 4 aromatic rings. The topological polar surface area (TPSA) is 84.3 Å². The van der Waals surface area contributed by atoms with Crippen molar-refractivity contribution in [3.63, 3.8) is 0 Å². The van der Waals surface area contributed by atoms with Crippen molar-refractivity contribution in [1.82, 2.24) is 14.9 Å². The maximum Gasteiger partial charge on any atom is 0.264 e. The van der Waals surface area contributed by atoms with Gasteiger partial charge in [0.25, 0.3) is 10.0 Å². The molecule has 174 valence electrons. The van der Waals surface area contributed by atoms with Crippen LogP contribution in [0.15, 0.2) is 96.2 Å². The summed E-state index contributed by atoms with van der Waals surface area (Å²) >= 11 is 0. The molecule has 1 N–H and O–H groups in total. The molecule has 0 unspecified atom stereocenters. The number of hydrogen-bond donors (Lipinski definition) is 1. The predicted molar refractivity (Wildman–Crippen MR) is 132 cm³/mol. The summed E-state index contributed by atoms with van der Waals surface area (Å²) in [5, 5.41) is 2.88. The quantitative estimate of drug-likeness (QED) is 0.418. The Labute approximate surface area is 199 Å². The summed E-state index contributed by atoms with van der Waals surface area (Å²) < 4.78 is 30.0. The summed E-state index contributed by atoms with van der Waals surface area (Å²) in [6, 6.07) is 22.9. The number of carbonyl (C=O) groups excluding carboxylic acids is 1. The molecular formula is C26H26N4O3S. The molecule has 0 aliphatic heterocycles. The molecule has 3 aromatic carbocycles. The molecule has 0 spiro atoms. The number of rotatable bonds is 8. The number of amides is 1. The third-order valence-electron chi connectivity index (χ3n) is 5.46. The highest BCUT2D eigenvalue weighted by atomic mass is 32.2. The van der Waals surface area contributed by atoms with Crippen molar-refractivity contribution in [3.8, 4) is 5.69 Å². The van der Waals surface area contributed by atoms with E-state index in [-0.39, 0.29) is 18.0 Å². The molecule has 0 aliphatic rings. The number of para-hydroxylation sites is 1. The minimum atomic E-state index is -3.94. The minimum absolute atomic E-state index is 0.130. The largest absolute Gasteiger partial charge is 0.350 e. The Morgan fingerprint density at radius 1 is 0.971 bits per heavy atom. The van der Waals surface area contributed by atoms with Gasteiger partial charge in [0, 0.05) is 18.9 Å². The van der Waals surface area contributed by atoms with E-state index in [1.807, 2.05) is 54.9 Å². The van der Waals surface area contributed by atoms with E-state index in [0.29, 0.717) is 5.69 Å². The molecule has 0 bridgehead atoms. The molecule has 1 heterocycles. The summed E-state index contributed by atoms with van der Waals surface area (Å²) in [7, 11) is -3.94. The molecular weight excluding hydrogens is 448 g/mol. The average Bonchev–Trinajstić information content (AvgIpc) is 3.27. The van der Waals surface area contributed by atoms with Gasteiger partial charge >= 0.3 is 0 Å². The molecule has 0 saturated carbocycles. The highest BCUT2D eigenvalue weighted by molar-refractivity contribution is 7.92. The Bertz CT molecular complexity index is 1400. The van der Waals surface area contributed by atoms with Gasteiger partial charge in [-0.3, -0.25) is 9.10 Å².